The summed E-state index contributed by atoms with van der Waals surface area (Å²) < 4.78 is 5.40. The van der Waals surface area contributed by atoms with E-state index in [1.807, 2.05) is 31.2 Å². The fraction of sp³-hybridized carbons (Fsp3) is 0.250. The second kappa shape index (κ2) is 6.14. The number of thiazole rings is 1. The van der Waals surface area contributed by atoms with Crippen molar-refractivity contribution in [3.63, 3.8) is 0 Å². The van der Waals surface area contributed by atoms with E-state index in [0.717, 1.165) is 22.6 Å². The summed E-state index contributed by atoms with van der Waals surface area (Å²) in [6.45, 7) is 3.10. The maximum atomic E-state index is 10.5. The molecule has 7 heteroatoms. The van der Waals surface area contributed by atoms with Crippen LogP contribution in [0, 0.1) is 10.1 Å². The average molecular weight is 279 g/mol. The first kappa shape index (κ1) is 13.3. The number of nitrogens with one attached hydrogen (secondary N) is 1. The molecule has 0 atom stereocenters. The number of benzene rings is 1. The van der Waals surface area contributed by atoms with Gasteiger partial charge < -0.3 is 10.1 Å². The van der Waals surface area contributed by atoms with Crippen LogP contribution in [0.25, 0.3) is 0 Å². The molecule has 6 nitrogen and oxygen atoms in total. The minimum absolute atomic E-state index is 0.0329. The van der Waals surface area contributed by atoms with Gasteiger partial charge in [-0.05, 0) is 36.0 Å². The summed E-state index contributed by atoms with van der Waals surface area (Å²) in [5, 5.41) is 14.2. The molecule has 0 radical (unpaired) electrons. The molecule has 0 amide bonds. The van der Waals surface area contributed by atoms with Crippen molar-refractivity contribution in [3.8, 4) is 5.75 Å². The summed E-state index contributed by atoms with van der Waals surface area (Å²) in [5.41, 5.74) is 1.03. The largest absolute Gasteiger partial charge is 0.494 e. The summed E-state index contributed by atoms with van der Waals surface area (Å²) in [6, 6.07) is 7.68. The first-order chi connectivity index (χ1) is 9.19. The number of rotatable bonds is 6. The molecule has 0 bridgehead atoms. The van der Waals surface area contributed by atoms with Crippen molar-refractivity contribution in [2.75, 3.05) is 11.9 Å². The van der Waals surface area contributed by atoms with Crippen LogP contribution >= 0.6 is 11.3 Å². The molecule has 1 aromatic carbocycles. The van der Waals surface area contributed by atoms with E-state index in [0.29, 0.717) is 18.3 Å². The molecule has 0 saturated heterocycles. The Morgan fingerprint density at radius 2 is 2.37 bits per heavy atom. The summed E-state index contributed by atoms with van der Waals surface area (Å²) in [4.78, 5) is 14.0. The van der Waals surface area contributed by atoms with E-state index >= 15 is 0 Å². The highest BCUT2D eigenvalue weighted by molar-refractivity contribution is 7.18. The van der Waals surface area contributed by atoms with Crippen LogP contribution in [0.15, 0.2) is 30.5 Å². The number of ether oxygens (including phenoxy) is 1. The molecule has 0 fully saturated rings. The van der Waals surface area contributed by atoms with Gasteiger partial charge in [0, 0.05) is 6.54 Å². The van der Waals surface area contributed by atoms with Crippen LogP contribution in [-0.4, -0.2) is 16.5 Å². The van der Waals surface area contributed by atoms with E-state index in [9.17, 15) is 10.1 Å². The van der Waals surface area contributed by atoms with Crippen LogP contribution < -0.4 is 10.1 Å². The molecule has 2 rings (SSSR count). The van der Waals surface area contributed by atoms with Gasteiger partial charge in [0.25, 0.3) is 0 Å². The monoisotopic (exact) mass is 279 g/mol. The van der Waals surface area contributed by atoms with Crippen LogP contribution in [0.4, 0.5) is 10.1 Å². The lowest BCUT2D eigenvalue weighted by Crippen LogP contribution is -1.99. The molecule has 1 N–H and O–H groups in total. The second-order valence-electron chi connectivity index (χ2n) is 3.69. The van der Waals surface area contributed by atoms with Crippen LogP contribution in [0.2, 0.25) is 0 Å². The Labute approximate surface area is 114 Å². The lowest BCUT2D eigenvalue weighted by molar-refractivity contribution is -0.380. The first-order valence-corrected chi connectivity index (χ1v) is 6.56. The van der Waals surface area contributed by atoms with Crippen molar-refractivity contribution in [2.24, 2.45) is 0 Å². The van der Waals surface area contributed by atoms with E-state index in [1.54, 1.807) is 0 Å². The van der Waals surface area contributed by atoms with Crippen molar-refractivity contribution in [3.05, 3.63) is 46.1 Å². The Hall–Kier alpha value is -2.15. The number of hydrogen-bond donors (Lipinski definition) is 1. The Kier molecular flexibility index (Phi) is 4.30. The number of nitrogens with zero attached hydrogens (tertiary/aromatic N) is 2. The molecule has 0 aliphatic carbocycles. The predicted octanol–water partition coefficient (Wildman–Crippen LogP) is 3.06. The normalized spacial score (nSPS) is 10.2. The van der Waals surface area contributed by atoms with Gasteiger partial charge in [0.15, 0.2) is 5.13 Å². The molecule has 100 valence electrons. The summed E-state index contributed by atoms with van der Waals surface area (Å²) in [7, 11) is 0. The highest BCUT2D eigenvalue weighted by atomic mass is 32.1. The van der Waals surface area contributed by atoms with Gasteiger partial charge in [0.1, 0.15) is 11.9 Å². The van der Waals surface area contributed by atoms with Gasteiger partial charge >= 0.3 is 5.00 Å². The van der Waals surface area contributed by atoms with Crippen LogP contribution in [-0.2, 0) is 6.54 Å². The van der Waals surface area contributed by atoms with E-state index in [2.05, 4.69) is 10.3 Å². The lowest BCUT2D eigenvalue weighted by Gasteiger charge is -2.06. The molecular weight excluding hydrogens is 266 g/mol. The fourth-order valence-corrected chi connectivity index (χ4v) is 2.15. The van der Waals surface area contributed by atoms with E-state index in [-0.39, 0.29) is 5.00 Å². The molecule has 2 aromatic rings. The Bertz CT molecular complexity index is 571. The molecule has 1 aromatic heterocycles. The molecule has 0 aliphatic rings. The van der Waals surface area contributed by atoms with Gasteiger partial charge in [-0.1, -0.05) is 12.1 Å². The zero-order valence-corrected chi connectivity index (χ0v) is 11.1. The standard InChI is InChI=1S/C12H13N3O3S/c1-2-18-10-5-3-4-9(6-10)7-13-12-14-8-11(19-12)15(16)17/h3-6,8H,2,7H2,1H3,(H,13,14). The van der Waals surface area contributed by atoms with Crippen LogP contribution in [0.3, 0.4) is 0 Å². The van der Waals surface area contributed by atoms with Crippen LogP contribution in [0.5, 0.6) is 5.75 Å². The maximum absolute atomic E-state index is 10.5. The number of nitro groups is 1. The quantitative estimate of drug-likeness (QED) is 0.649. The lowest BCUT2D eigenvalue weighted by atomic mass is 10.2. The van der Waals surface area contributed by atoms with Crippen LogP contribution in [0.1, 0.15) is 12.5 Å². The zero-order chi connectivity index (χ0) is 13.7. The van der Waals surface area contributed by atoms with Gasteiger partial charge in [0.05, 0.1) is 11.5 Å². The third kappa shape index (κ3) is 3.65. The Morgan fingerprint density at radius 3 is 3.05 bits per heavy atom. The molecule has 0 aliphatic heterocycles. The van der Waals surface area contributed by atoms with E-state index in [1.165, 1.54) is 6.20 Å². The number of aromatic nitrogens is 1. The average Bonchev–Trinajstić information content (AvgIpc) is 2.86. The minimum Gasteiger partial charge on any atom is -0.494 e. The highest BCUT2D eigenvalue weighted by Gasteiger charge is 2.10. The molecule has 0 spiro atoms. The molecular formula is C12H13N3O3S. The predicted molar refractivity (Wildman–Crippen MR) is 73.7 cm³/mol. The molecule has 0 saturated carbocycles. The van der Waals surface area contributed by atoms with Gasteiger partial charge in [-0.3, -0.25) is 10.1 Å². The zero-order valence-electron chi connectivity index (χ0n) is 10.3. The van der Waals surface area contributed by atoms with E-state index < -0.39 is 4.92 Å². The summed E-state index contributed by atoms with van der Waals surface area (Å²) >= 11 is 1.02. The van der Waals surface area contributed by atoms with E-state index in [4.69, 9.17) is 4.74 Å². The summed E-state index contributed by atoms with van der Waals surface area (Å²) in [6.07, 6.45) is 1.25. The number of anilines is 1. The Balaban J connectivity index is 1.97. The SMILES string of the molecule is CCOc1cccc(CNc2ncc([N+](=O)[O-])s2)c1. The van der Waals surface area contributed by atoms with Crippen molar-refractivity contribution in [1.29, 1.82) is 0 Å². The maximum Gasteiger partial charge on any atom is 0.345 e. The minimum atomic E-state index is -0.446. The first-order valence-electron chi connectivity index (χ1n) is 5.75. The smallest absolute Gasteiger partial charge is 0.345 e. The van der Waals surface area contributed by atoms with Gasteiger partial charge in [-0.2, -0.15) is 0 Å². The Morgan fingerprint density at radius 1 is 1.53 bits per heavy atom. The highest BCUT2D eigenvalue weighted by Crippen LogP contribution is 2.25. The molecule has 1 heterocycles. The van der Waals surface area contributed by atoms with Crippen molar-refractivity contribution in [2.45, 2.75) is 13.5 Å². The number of hydrogen-bond acceptors (Lipinski definition) is 6. The van der Waals surface area contributed by atoms with Crippen molar-refractivity contribution < 1.29 is 9.66 Å². The third-order valence-electron chi connectivity index (χ3n) is 2.33. The molecule has 19 heavy (non-hydrogen) atoms. The fourth-order valence-electron chi connectivity index (χ4n) is 1.52. The van der Waals surface area contributed by atoms with Gasteiger partial charge in [-0.15, -0.1) is 0 Å². The molecule has 0 unspecified atom stereocenters. The topological polar surface area (TPSA) is 77.3 Å². The van der Waals surface area contributed by atoms with Gasteiger partial charge in [-0.25, -0.2) is 4.98 Å². The van der Waals surface area contributed by atoms with Gasteiger partial charge in [0.2, 0.25) is 0 Å². The third-order valence-corrected chi connectivity index (χ3v) is 3.23. The van der Waals surface area contributed by atoms with Crippen molar-refractivity contribution >= 4 is 21.5 Å². The second-order valence-corrected chi connectivity index (χ2v) is 4.70. The summed E-state index contributed by atoms with van der Waals surface area (Å²) in [5.74, 6) is 0.812. The van der Waals surface area contributed by atoms with Crippen molar-refractivity contribution in [1.82, 2.24) is 4.98 Å².